The number of nitrogens with zero attached hydrogens (tertiary/aromatic N) is 3. The molecule has 29 heavy (non-hydrogen) atoms. The zero-order valence-corrected chi connectivity index (χ0v) is 16.3. The molecule has 0 fully saturated rings. The SMILES string of the molecule is Cc1cc(Nc2ccc(C)c(Cl)c2)n2nc(C(F)(F)F)c(-c3ccccc3)c2n1. The quantitative estimate of drug-likeness (QED) is 0.418. The number of hydrogen-bond acceptors (Lipinski definition) is 3. The Morgan fingerprint density at radius 2 is 1.72 bits per heavy atom. The molecule has 0 unspecified atom stereocenters. The third-order valence-electron chi connectivity index (χ3n) is 4.49. The maximum absolute atomic E-state index is 13.8. The molecule has 0 bridgehead atoms. The van der Waals surface area contributed by atoms with Crippen LogP contribution in [0.4, 0.5) is 24.7 Å². The second kappa shape index (κ2) is 7.08. The first-order chi connectivity index (χ1) is 13.7. The summed E-state index contributed by atoms with van der Waals surface area (Å²) in [5.74, 6) is 0.361. The van der Waals surface area contributed by atoms with Crippen LogP contribution in [0.5, 0.6) is 0 Å². The fourth-order valence-electron chi connectivity index (χ4n) is 3.12. The first kappa shape index (κ1) is 19.3. The summed E-state index contributed by atoms with van der Waals surface area (Å²) in [5.41, 5.74) is 1.60. The van der Waals surface area contributed by atoms with E-state index in [1.165, 1.54) is 4.52 Å². The third kappa shape index (κ3) is 3.65. The standard InChI is InChI=1S/C21H16ClF3N4/c1-12-8-9-15(11-16(12)22)27-17-10-13(2)26-20-18(14-6-4-3-5-7-14)19(21(23,24)25)28-29(17)20/h3-11,27H,1-2H3. The van der Waals surface area contributed by atoms with Gasteiger partial charge >= 0.3 is 6.18 Å². The normalized spacial score (nSPS) is 11.8. The molecule has 0 saturated carbocycles. The lowest BCUT2D eigenvalue weighted by Crippen LogP contribution is -2.08. The van der Waals surface area contributed by atoms with Crippen molar-refractivity contribution in [3.05, 3.63) is 76.6 Å². The number of aromatic nitrogens is 3. The molecule has 4 nitrogen and oxygen atoms in total. The number of anilines is 2. The van der Waals surface area contributed by atoms with Gasteiger partial charge in [0, 0.05) is 22.5 Å². The van der Waals surface area contributed by atoms with Crippen molar-refractivity contribution in [2.75, 3.05) is 5.32 Å². The molecule has 2 aromatic carbocycles. The highest BCUT2D eigenvalue weighted by molar-refractivity contribution is 6.31. The molecule has 4 rings (SSSR count). The fourth-order valence-corrected chi connectivity index (χ4v) is 3.30. The molecule has 0 radical (unpaired) electrons. The molecular weight excluding hydrogens is 401 g/mol. The van der Waals surface area contributed by atoms with Gasteiger partial charge in [0.05, 0.1) is 5.56 Å². The van der Waals surface area contributed by atoms with E-state index in [1.54, 1.807) is 55.5 Å². The molecule has 2 aromatic heterocycles. The smallest absolute Gasteiger partial charge is 0.340 e. The van der Waals surface area contributed by atoms with Crippen LogP contribution in [-0.2, 0) is 6.18 Å². The topological polar surface area (TPSA) is 42.2 Å². The van der Waals surface area contributed by atoms with Crippen molar-refractivity contribution in [3.63, 3.8) is 0 Å². The monoisotopic (exact) mass is 416 g/mol. The first-order valence-corrected chi connectivity index (χ1v) is 9.18. The predicted octanol–water partition coefficient (Wildman–Crippen LogP) is 6.43. The number of hydrogen-bond donors (Lipinski definition) is 1. The van der Waals surface area contributed by atoms with Gasteiger partial charge in [0.25, 0.3) is 0 Å². The van der Waals surface area contributed by atoms with E-state index in [9.17, 15) is 13.2 Å². The van der Waals surface area contributed by atoms with Crippen LogP contribution >= 0.6 is 11.6 Å². The molecule has 148 valence electrons. The van der Waals surface area contributed by atoms with Crippen LogP contribution < -0.4 is 5.32 Å². The second-order valence-corrected chi connectivity index (χ2v) is 7.10. The predicted molar refractivity (Wildman–Crippen MR) is 108 cm³/mol. The molecule has 8 heteroatoms. The van der Waals surface area contributed by atoms with Gasteiger partial charge in [-0.3, -0.25) is 0 Å². The molecule has 0 amide bonds. The van der Waals surface area contributed by atoms with Crippen molar-refractivity contribution >= 4 is 28.8 Å². The van der Waals surface area contributed by atoms with Gasteiger partial charge in [0.15, 0.2) is 11.3 Å². The van der Waals surface area contributed by atoms with E-state index in [2.05, 4.69) is 15.4 Å². The highest BCUT2D eigenvalue weighted by atomic mass is 35.5. The van der Waals surface area contributed by atoms with Crippen molar-refractivity contribution < 1.29 is 13.2 Å². The first-order valence-electron chi connectivity index (χ1n) is 8.80. The zero-order valence-electron chi connectivity index (χ0n) is 15.5. The van der Waals surface area contributed by atoms with Crippen molar-refractivity contribution in [3.8, 4) is 11.1 Å². The van der Waals surface area contributed by atoms with Crippen LogP contribution in [0.25, 0.3) is 16.8 Å². The molecule has 0 spiro atoms. The van der Waals surface area contributed by atoms with E-state index in [1.807, 2.05) is 13.0 Å². The Morgan fingerprint density at radius 3 is 2.38 bits per heavy atom. The molecule has 1 N–H and O–H groups in total. The number of halogens is 4. The largest absolute Gasteiger partial charge is 0.435 e. The minimum Gasteiger partial charge on any atom is -0.340 e. The summed E-state index contributed by atoms with van der Waals surface area (Å²) < 4.78 is 42.5. The Labute approximate surface area is 170 Å². The Balaban J connectivity index is 1.95. The molecule has 2 heterocycles. The number of benzene rings is 2. The van der Waals surface area contributed by atoms with Gasteiger partial charge in [-0.1, -0.05) is 48.0 Å². The number of fused-ring (bicyclic) bond motifs is 1. The van der Waals surface area contributed by atoms with E-state index >= 15 is 0 Å². The van der Waals surface area contributed by atoms with Gasteiger partial charge in [-0.2, -0.15) is 22.8 Å². The minimum atomic E-state index is -4.63. The highest BCUT2D eigenvalue weighted by Crippen LogP contribution is 2.39. The van der Waals surface area contributed by atoms with Crippen LogP contribution in [0.2, 0.25) is 5.02 Å². The fraction of sp³-hybridized carbons (Fsp3) is 0.143. The Bertz CT molecular complexity index is 1200. The van der Waals surface area contributed by atoms with Crippen molar-refractivity contribution in [1.82, 2.24) is 14.6 Å². The van der Waals surface area contributed by atoms with E-state index in [-0.39, 0.29) is 11.2 Å². The number of alkyl halides is 3. The average molecular weight is 417 g/mol. The summed E-state index contributed by atoms with van der Waals surface area (Å²) in [4.78, 5) is 4.35. The molecule has 0 atom stereocenters. The van der Waals surface area contributed by atoms with Crippen LogP contribution in [0, 0.1) is 13.8 Å². The summed E-state index contributed by atoms with van der Waals surface area (Å²) in [6.07, 6.45) is -4.63. The van der Waals surface area contributed by atoms with Crippen LogP contribution in [0.3, 0.4) is 0 Å². The maximum atomic E-state index is 13.8. The van der Waals surface area contributed by atoms with Crippen molar-refractivity contribution in [2.24, 2.45) is 0 Å². The third-order valence-corrected chi connectivity index (χ3v) is 4.90. The Morgan fingerprint density at radius 1 is 1.00 bits per heavy atom. The summed E-state index contributed by atoms with van der Waals surface area (Å²) in [7, 11) is 0. The van der Waals surface area contributed by atoms with Crippen LogP contribution in [0.1, 0.15) is 17.0 Å². The van der Waals surface area contributed by atoms with Crippen LogP contribution in [-0.4, -0.2) is 14.6 Å². The maximum Gasteiger partial charge on any atom is 0.435 e. The summed E-state index contributed by atoms with van der Waals surface area (Å²) >= 11 is 6.18. The molecule has 0 aliphatic rings. The number of nitrogens with one attached hydrogen (secondary N) is 1. The lowest BCUT2D eigenvalue weighted by atomic mass is 10.1. The molecule has 4 aromatic rings. The van der Waals surface area contributed by atoms with Crippen molar-refractivity contribution in [2.45, 2.75) is 20.0 Å². The Hall–Kier alpha value is -3.06. The number of rotatable bonds is 3. The number of aryl methyl sites for hydroxylation is 2. The minimum absolute atomic E-state index is 0.0493. The molecule has 0 aliphatic heterocycles. The van der Waals surface area contributed by atoms with Gasteiger partial charge in [0.2, 0.25) is 0 Å². The van der Waals surface area contributed by atoms with E-state index in [0.717, 1.165) is 5.56 Å². The second-order valence-electron chi connectivity index (χ2n) is 6.69. The average Bonchev–Trinajstić information content (AvgIpc) is 3.05. The zero-order chi connectivity index (χ0) is 20.8. The van der Waals surface area contributed by atoms with Gasteiger partial charge < -0.3 is 5.32 Å². The summed E-state index contributed by atoms with van der Waals surface area (Å²) in [5, 5.41) is 7.53. The molecular formula is C21H16ClF3N4. The Kier molecular flexibility index (Phi) is 4.70. The van der Waals surface area contributed by atoms with E-state index in [4.69, 9.17) is 11.6 Å². The highest BCUT2D eigenvalue weighted by Gasteiger charge is 2.39. The summed E-state index contributed by atoms with van der Waals surface area (Å²) in [6.45, 7) is 3.60. The lowest BCUT2D eigenvalue weighted by Gasteiger charge is -2.11. The van der Waals surface area contributed by atoms with Gasteiger partial charge in [0.1, 0.15) is 5.82 Å². The van der Waals surface area contributed by atoms with E-state index in [0.29, 0.717) is 27.8 Å². The van der Waals surface area contributed by atoms with Crippen LogP contribution in [0.15, 0.2) is 54.6 Å². The van der Waals surface area contributed by atoms with Gasteiger partial charge in [-0.25, -0.2) is 4.98 Å². The lowest BCUT2D eigenvalue weighted by molar-refractivity contribution is -0.140. The van der Waals surface area contributed by atoms with Crippen molar-refractivity contribution in [1.29, 1.82) is 0 Å². The van der Waals surface area contributed by atoms with Gasteiger partial charge in [-0.05, 0) is 37.1 Å². The van der Waals surface area contributed by atoms with E-state index < -0.39 is 11.9 Å². The molecule has 0 saturated heterocycles. The molecule has 0 aliphatic carbocycles. The van der Waals surface area contributed by atoms with Gasteiger partial charge in [-0.15, -0.1) is 0 Å². The summed E-state index contributed by atoms with van der Waals surface area (Å²) in [6, 6.07) is 15.3.